The smallest absolute Gasteiger partial charge is 0.336 e. The molecule has 2 aromatic carbocycles. The van der Waals surface area contributed by atoms with Crippen LogP contribution in [-0.2, 0) is 4.79 Å². The second kappa shape index (κ2) is 6.54. The molecule has 0 radical (unpaired) electrons. The van der Waals surface area contributed by atoms with Gasteiger partial charge in [-0.25, -0.2) is 4.79 Å². The lowest BCUT2D eigenvalue weighted by Gasteiger charge is -2.09. The SMILES string of the molecule is COc1ccc(/C=C(\C(=O)O)c2ccc3c(c2)OCO3)c(OC)c1. The first-order chi connectivity index (χ1) is 11.6. The van der Waals surface area contributed by atoms with Crippen LogP contribution in [0.1, 0.15) is 11.1 Å². The number of methoxy groups -OCH3 is 2. The van der Waals surface area contributed by atoms with Gasteiger partial charge in [0.2, 0.25) is 6.79 Å². The van der Waals surface area contributed by atoms with Crippen LogP contribution in [0.3, 0.4) is 0 Å². The summed E-state index contributed by atoms with van der Waals surface area (Å²) in [5, 5.41) is 9.60. The van der Waals surface area contributed by atoms with Crippen LogP contribution in [0.15, 0.2) is 36.4 Å². The Kier molecular flexibility index (Phi) is 4.29. The molecule has 6 nitrogen and oxygen atoms in total. The maximum absolute atomic E-state index is 11.7. The molecule has 0 bridgehead atoms. The molecule has 0 aliphatic carbocycles. The van der Waals surface area contributed by atoms with Crippen molar-refractivity contribution in [1.82, 2.24) is 0 Å². The van der Waals surface area contributed by atoms with E-state index >= 15 is 0 Å². The molecule has 0 amide bonds. The first-order valence-electron chi connectivity index (χ1n) is 7.19. The molecular weight excluding hydrogens is 312 g/mol. The fraction of sp³-hybridized carbons (Fsp3) is 0.167. The summed E-state index contributed by atoms with van der Waals surface area (Å²) < 4.78 is 21.0. The van der Waals surface area contributed by atoms with E-state index in [2.05, 4.69) is 0 Å². The van der Waals surface area contributed by atoms with Crippen molar-refractivity contribution in [2.75, 3.05) is 21.0 Å². The third-order valence-electron chi connectivity index (χ3n) is 3.65. The van der Waals surface area contributed by atoms with E-state index in [1.165, 1.54) is 7.11 Å². The standard InChI is InChI=1S/C18H16O6/c1-21-13-5-3-12(16(9-13)22-2)7-14(18(19)20)11-4-6-15-17(8-11)24-10-23-15/h3-9H,10H2,1-2H3,(H,19,20)/b14-7-. The topological polar surface area (TPSA) is 74.2 Å². The highest BCUT2D eigenvalue weighted by molar-refractivity contribution is 6.21. The zero-order valence-corrected chi connectivity index (χ0v) is 13.2. The minimum atomic E-state index is -1.05. The minimum absolute atomic E-state index is 0.122. The molecule has 1 N–H and O–H groups in total. The highest BCUT2D eigenvalue weighted by atomic mass is 16.7. The molecule has 1 aliphatic heterocycles. The fourth-order valence-electron chi connectivity index (χ4n) is 2.43. The molecule has 0 atom stereocenters. The summed E-state index contributed by atoms with van der Waals surface area (Å²) in [5.74, 6) is 1.23. The summed E-state index contributed by atoms with van der Waals surface area (Å²) >= 11 is 0. The third-order valence-corrected chi connectivity index (χ3v) is 3.65. The Labute approximate surface area is 138 Å². The van der Waals surface area contributed by atoms with Gasteiger partial charge in [-0.2, -0.15) is 0 Å². The van der Waals surface area contributed by atoms with E-state index < -0.39 is 5.97 Å². The third kappa shape index (κ3) is 2.99. The second-order valence-corrected chi connectivity index (χ2v) is 5.04. The number of hydrogen-bond acceptors (Lipinski definition) is 5. The van der Waals surface area contributed by atoms with E-state index in [0.29, 0.717) is 34.1 Å². The lowest BCUT2D eigenvalue weighted by Crippen LogP contribution is -2.00. The van der Waals surface area contributed by atoms with Crippen molar-refractivity contribution in [2.45, 2.75) is 0 Å². The fourth-order valence-corrected chi connectivity index (χ4v) is 2.43. The van der Waals surface area contributed by atoms with Crippen LogP contribution in [0.4, 0.5) is 0 Å². The van der Waals surface area contributed by atoms with Gasteiger partial charge in [0.05, 0.1) is 19.8 Å². The maximum atomic E-state index is 11.7. The van der Waals surface area contributed by atoms with Crippen LogP contribution in [0.5, 0.6) is 23.0 Å². The van der Waals surface area contributed by atoms with Crippen molar-refractivity contribution in [2.24, 2.45) is 0 Å². The monoisotopic (exact) mass is 328 g/mol. The number of aliphatic carboxylic acids is 1. The number of rotatable bonds is 5. The first kappa shape index (κ1) is 15.7. The molecule has 6 heteroatoms. The number of carboxylic acids is 1. The summed E-state index contributed by atoms with van der Waals surface area (Å²) in [5.41, 5.74) is 1.27. The lowest BCUT2D eigenvalue weighted by molar-refractivity contribution is -0.130. The van der Waals surface area contributed by atoms with Crippen LogP contribution in [0.25, 0.3) is 11.6 Å². The number of ether oxygens (including phenoxy) is 4. The van der Waals surface area contributed by atoms with Crippen LogP contribution in [-0.4, -0.2) is 32.1 Å². The van der Waals surface area contributed by atoms with E-state index in [-0.39, 0.29) is 12.4 Å². The molecule has 0 spiro atoms. The van der Waals surface area contributed by atoms with Gasteiger partial charge in [0.1, 0.15) is 11.5 Å². The van der Waals surface area contributed by atoms with Gasteiger partial charge in [-0.1, -0.05) is 6.07 Å². The van der Waals surface area contributed by atoms with Gasteiger partial charge in [-0.05, 0) is 35.9 Å². The highest BCUT2D eigenvalue weighted by Crippen LogP contribution is 2.36. The van der Waals surface area contributed by atoms with Gasteiger partial charge in [0.15, 0.2) is 11.5 Å². The maximum Gasteiger partial charge on any atom is 0.336 e. The van der Waals surface area contributed by atoms with Gasteiger partial charge in [-0.15, -0.1) is 0 Å². The van der Waals surface area contributed by atoms with Crippen molar-refractivity contribution in [1.29, 1.82) is 0 Å². The quantitative estimate of drug-likeness (QED) is 0.672. The number of hydrogen-bond donors (Lipinski definition) is 1. The largest absolute Gasteiger partial charge is 0.497 e. The molecule has 1 heterocycles. The molecule has 0 saturated heterocycles. The Morgan fingerprint density at radius 1 is 1.08 bits per heavy atom. The first-order valence-corrected chi connectivity index (χ1v) is 7.19. The average molecular weight is 328 g/mol. The molecule has 2 aromatic rings. The number of carbonyl (C=O) groups is 1. The molecular formula is C18H16O6. The minimum Gasteiger partial charge on any atom is -0.497 e. The molecule has 0 fully saturated rings. The lowest BCUT2D eigenvalue weighted by atomic mass is 10.0. The summed E-state index contributed by atoms with van der Waals surface area (Å²) in [6.07, 6.45) is 1.55. The van der Waals surface area contributed by atoms with Gasteiger partial charge in [0.25, 0.3) is 0 Å². The van der Waals surface area contributed by atoms with Gasteiger partial charge < -0.3 is 24.1 Å². The predicted molar refractivity (Wildman–Crippen MR) is 87.6 cm³/mol. The summed E-state index contributed by atoms with van der Waals surface area (Å²) in [4.78, 5) is 11.7. The summed E-state index contributed by atoms with van der Waals surface area (Å²) in [7, 11) is 3.08. The molecule has 0 unspecified atom stereocenters. The molecule has 1 aliphatic rings. The Hall–Kier alpha value is -3.15. The normalized spacial score (nSPS) is 12.8. The summed E-state index contributed by atoms with van der Waals surface area (Å²) in [6, 6.07) is 10.2. The Morgan fingerprint density at radius 2 is 1.88 bits per heavy atom. The Bertz CT molecular complexity index is 809. The van der Waals surface area contributed by atoms with Gasteiger partial charge >= 0.3 is 5.97 Å². The van der Waals surface area contributed by atoms with Gasteiger partial charge in [-0.3, -0.25) is 0 Å². The molecule has 0 saturated carbocycles. The molecule has 3 rings (SSSR count). The Balaban J connectivity index is 2.05. The van der Waals surface area contributed by atoms with Crippen LogP contribution in [0, 0.1) is 0 Å². The summed E-state index contributed by atoms with van der Waals surface area (Å²) in [6.45, 7) is 0.136. The molecule has 24 heavy (non-hydrogen) atoms. The van der Waals surface area contributed by atoms with Crippen molar-refractivity contribution in [3.63, 3.8) is 0 Å². The Morgan fingerprint density at radius 3 is 2.58 bits per heavy atom. The van der Waals surface area contributed by atoms with Crippen molar-refractivity contribution < 1.29 is 28.8 Å². The van der Waals surface area contributed by atoms with Crippen LogP contribution in [0.2, 0.25) is 0 Å². The van der Waals surface area contributed by atoms with E-state index in [0.717, 1.165) is 0 Å². The zero-order valence-electron chi connectivity index (χ0n) is 13.2. The van der Waals surface area contributed by atoms with Gasteiger partial charge in [0, 0.05) is 11.6 Å². The molecule has 124 valence electrons. The number of carboxylic acid groups (broad SMARTS) is 1. The number of benzene rings is 2. The van der Waals surface area contributed by atoms with Crippen LogP contribution >= 0.6 is 0 Å². The number of fused-ring (bicyclic) bond motifs is 1. The van der Waals surface area contributed by atoms with E-state index in [4.69, 9.17) is 18.9 Å². The zero-order chi connectivity index (χ0) is 17.1. The second-order valence-electron chi connectivity index (χ2n) is 5.04. The van der Waals surface area contributed by atoms with Crippen LogP contribution < -0.4 is 18.9 Å². The van der Waals surface area contributed by atoms with Crippen molar-refractivity contribution >= 4 is 17.6 Å². The molecule has 0 aromatic heterocycles. The average Bonchev–Trinajstić information content (AvgIpc) is 3.06. The van der Waals surface area contributed by atoms with E-state index in [1.54, 1.807) is 49.6 Å². The highest BCUT2D eigenvalue weighted by Gasteiger charge is 2.18. The van der Waals surface area contributed by atoms with E-state index in [1.807, 2.05) is 0 Å². The van der Waals surface area contributed by atoms with E-state index in [9.17, 15) is 9.90 Å². The van der Waals surface area contributed by atoms with Crippen molar-refractivity contribution in [3.05, 3.63) is 47.5 Å². The van der Waals surface area contributed by atoms with Crippen molar-refractivity contribution in [3.8, 4) is 23.0 Å². The predicted octanol–water partition coefficient (Wildman–Crippen LogP) is 3.06.